The zero-order chi connectivity index (χ0) is 14.1. The van der Waals surface area contributed by atoms with Gasteiger partial charge >= 0.3 is 0 Å². The fourth-order valence-corrected chi connectivity index (χ4v) is 3.18. The van der Waals surface area contributed by atoms with Gasteiger partial charge in [0.2, 0.25) is 0 Å². The highest BCUT2D eigenvalue weighted by Crippen LogP contribution is 2.31. The van der Waals surface area contributed by atoms with E-state index in [0.717, 1.165) is 5.92 Å². The standard InChI is InChI=1S/C18H36N/c1-5-7-8-9-15-19(3,4)16-11-14-17(6-2)18-12-10-13-18/h12,17H,5-11,13-16H2,1-4H3/q+1. The lowest BCUT2D eigenvalue weighted by atomic mass is 9.82. The van der Waals surface area contributed by atoms with Crippen LogP contribution in [0.3, 0.4) is 0 Å². The van der Waals surface area contributed by atoms with E-state index in [-0.39, 0.29) is 0 Å². The van der Waals surface area contributed by atoms with E-state index in [9.17, 15) is 0 Å². The number of rotatable bonds is 11. The minimum absolute atomic E-state index is 0.897. The van der Waals surface area contributed by atoms with Gasteiger partial charge in [0.15, 0.2) is 0 Å². The van der Waals surface area contributed by atoms with Gasteiger partial charge in [-0.05, 0) is 50.9 Å². The molecule has 1 atom stereocenters. The molecule has 0 fully saturated rings. The van der Waals surface area contributed by atoms with Gasteiger partial charge in [-0.1, -0.05) is 38.3 Å². The van der Waals surface area contributed by atoms with Crippen LogP contribution in [0, 0.1) is 5.92 Å². The van der Waals surface area contributed by atoms with Crippen molar-refractivity contribution in [3.8, 4) is 0 Å². The lowest BCUT2D eigenvalue weighted by Crippen LogP contribution is -2.41. The highest BCUT2D eigenvalue weighted by atomic mass is 15.3. The molecule has 0 aliphatic heterocycles. The monoisotopic (exact) mass is 266 g/mol. The molecule has 0 saturated heterocycles. The minimum atomic E-state index is 0.897. The summed E-state index contributed by atoms with van der Waals surface area (Å²) in [5, 5.41) is 0. The first-order chi connectivity index (χ1) is 9.09. The minimum Gasteiger partial charge on any atom is -0.328 e. The van der Waals surface area contributed by atoms with Crippen LogP contribution in [-0.4, -0.2) is 31.7 Å². The van der Waals surface area contributed by atoms with Crippen molar-refractivity contribution < 1.29 is 4.48 Å². The SMILES string of the molecule is CCCCCC[N+](C)(C)CCCC(CC)C1=CCC1. The molecule has 0 N–H and O–H groups in total. The fourth-order valence-electron chi connectivity index (χ4n) is 3.18. The quantitative estimate of drug-likeness (QED) is 0.275. The molecule has 0 spiro atoms. The van der Waals surface area contributed by atoms with Crippen LogP contribution >= 0.6 is 0 Å². The van der Waals surface area contributed by atoms with Gasteiger partial charge in [-0.25, -0.2) is 0 Å². The summed E-state index contributed by atoms with van der Waals surface area (Å²) >= 11 is 0. The molecule has 0 amide bonds. The number of nitrogens with zero attached hydrogens (tertiary/aromatic N) is 1. The molecule has 0 aromatic rings. The molecule has 0 aromatic carbocycles. The number of quaternary nitrogens is 1. The van der Waals surface area contributed by atoms with Gasteiger partial charge in [-0.3, -0.25) is 0 Å². The van der Waals surface area contributed by atoms with Crippen LogP contribution in [0.25, 0.3) is 0 Å². The number of hydrogen-bond donors (Lipinski definition) is 0. The van der Waals surface area contributed by atoms with Crippen LogP contribution in [0.5, 0.6) is 0 Å². The Balaban J connectivity index is 2.15. The van der Waals surface area contributed by atoms with E-state index < -0.39 is 0 Å². The highest BCUT2D eigenvalue weighted by Gasteiger charge is 2.19. The molecule has 0 aromatic heterocycles. The molecular formula is C18H36N+. The Bertz CT molecular complexity index is 265. The van der Waals surface area contributed by atoms with Crippen molar-refractivity contribution in [2.45, 2.75) is 71.6 Å². The Morgan fingerprint density at radius 3 is 2.26 bits per heavy atom. The molecule has 0 saturated carbocycles. The van der Waals surface area contributed by atoms with E-state index in [1.165, 1.54) is 75.4 Å². The van der Waals surface area contributed by atoms with E-state index in [1.54, 1.807) is 5.57 Å². The second kappa shape index (κ2) is 8.79. The molecule has 0 bridgehead atoms. The van der Waals surface area contributed by atoms with E-state index in [2.05, 4.69) is 34.0 Å². The second-order valence-electron chi connectivity index (χ2n) is 7.01. The summed E-state index contributed by atoms with van der Waals surface area (Å²) in [5.74, 6) is 0.897. The van der Waals surface area contributed by atoms with Crippen molar-refractivity contribution in [1.82, 2.24) is 0 Å². The lowest BCUT2D eigenvalue weighted by Gasteiger charge is -2.31. The van der Waals surface area contributed by atoms with Gasteiger partial charge in [0, 0.05) is 0 Å². The van der Waals surface area contributed by atoms with Crippen molar-refractivity contribution >= 4 is 0 Å². The van der Waals surface area contributed by atoms with Gasteiger partial charge in [-0.2, -0.15) is 0 Å². The normalized spacial score (nSPS) is 16.9. The lowest BCUT2D eigenvalue weighted by molar-refractivity contribution is -0.890. The summed E-state index contributed by atoms with van der Waals surface area (Å²) in [6.07, 6.45) is 14.9. The third kappa shape index (κ3) is 6.61. The third-order valence-corrected chi connectivity index (χ3v) is 4.79. The Kier molecular flexibility index (Phi) is 7.75. The predicted molar refractivity (Wildman–Crippen MR) is 86.3 cm³/mol. The van der Waals surface area contributed by atoms with E-state index >= 15 is 0 Å². The number of allylic oxidation sites excluding steroid dienone is 2. The van der Waals surface area contributed by atoms with Crippen molar-refractivity contribution in [2.75, 3.05) is 27.2 Å². The summed E-state index contributed by atoms with van der Waals surface area (Å²) in [6.45, 7) is 7.37. The Morgan fingerprint density at radius 2 is 1.74 bits per heavy atom. The zero-order valence-electron chi connectivity index (χ0n) is 13.9. The Morgan fingerprint density at radius 1 is 1.05 bits per heavy atom. The Labute approximate surface area is 121 Å². The van der Waals surface area contributed by atoms with Crippen molar-refractivity contribution in [3.05, 3.63) is 11.6 Å². The zero-order valence-corrected chi connectivity index (χ0v) is 13.9. The maximum Gasteiger partial charge on any atom is 0.0782 e. The molecule has 112 valence electrons. The average Bonchev–Trinajstić information content (AvgIpc) is 2.31. The summed E-state index contributed by atoms with van der Waals surface area (Å²) in [4.78, 5) is 0. The fraction of sp³-hybridized carbons (Fsp3) is 0.889. The van der Waals surface area contributed by atoms with Crippen LogP contribution in [-0.2, 0) is 0 Å². The topological polar surface area (TPSA) is 0 Å². The van der Waals surface area contributed by atoms with Crippen LogP contribution in [0.15, 0.2) is 11.6 Å². The van der Waals surface area contributed by atoms with Crippen molar-refractivity contribution in [3.63, 3.8) is 0 Å². The summed E-state index contributed by atoms with van der Waals surface area (Å²) < 4.78 is 1.22. The van der Waals surface area contributed by atoms with E-state index in [4.69, 9.17) is 0 Å². The second-order valence-corrected chi connectivity index (χ2v) is 7.01. The maximum absolute atomic E-state index is 2.47. The van der Waals surface area contributed by atoms with E-state index in [1.807, 2.05) is 0 Å². The van der Waals surface area contributed by atoms with Gasteiger partial charge in [-0.15, -0.1) is 0 Å². The molecule has 0 heterocycles. The smallest absolute Gasteiger partial charge is 0.0782 e. The molecule has 0 radical (unpaired) electrons. The van der Waals surface area contributed by atoms with Crippen LogP contribution < -0.4 is 0 Å². The molecule has 1 aliphatic carbocycles. The van der Waals surface area contributed by atoms with Gasteiger partial charge in [0.05, 0.1) is 27.2 Å². The first-order valence-corrected chi connectivity index (χ1v) is 8.60. The van der Waals surface area contributed by atoms with Crippen LogP contribution in [0.2, 0.25) is 0 Å². The third-order valence-electron chi connectivity index (χ3n) is 4.79. The van der Waals surface area contributed by atoms with Crippen molar-refractivity contribution in [1.29, 1.82) is 0 Å². The molecule has 1 nitrogen and oxygen atoms in total. The molecular weight excluding hydrogens is 230 g/mol. The summed E-state index contributed by atoms with van der Waals surface area (Å²) in [5.41, 5.74) is 1.76. The first-order valence-electron chi connectivity index (χ1n) is 8.60. The van der Waals surface area contributed by atoms with Gasteiger partial charge in [0.25, 0.3) is 0 Å². The summed E-state index contributed by atoms with van der Waals surface area (Å²) in [7, 11) is 4.82. The molecule has 1 rings (SSSR count). The van der Waals surface area contributed by atoms with Crippen molar-refractivity contribution in [2.24, 2.45) is 5.92 Å². The largest absolute Gasteiger partial charge is 0.328 e. The maximum atomic E-state index is 2.47. The Hall–Kier alpha value is -0.300. The van der Waals surface area contributed by atoms with Crippen LogP contribution in [0.4, 0.5) is 0 Å². The first kappa shape index (κ1) is 16.8. The average molecular weight is 266 g/mol. The highest BCUT2D eigenvalue weighted by molar-refractivity contribution is 5.15. The number of hydrogen-bond acceptors (Lipinski definition) is 0. The summed E-state index contributed by atoms with van der Waals surface area (Å²) in [6, 6.07) is 0. The molecule has 1 heteroatoms. The molecule has 1 aliphatic rings. The predicted octanol–water partition coefficient (Wildman–Crippen LogP) is 5.17. The van der Waals surface area contributed by atoms with Gasteiger partial charge < -0.3 is 4.48 Å². The molecule has 19 heavy (non-hydrogen) atoms. The number of unbranched alkanes of at least 4 members (excludes halogenated alkanes) is 3. The van der Waals surface area contributed by atoms with Gasteiger partial charge in [0.1, 0.15) is 0 Å². The molecule has 1 unspecified atom stereocenters. The van der Waals surface area contributed by atoms with E-state index in [0.29, 0.717) is 0 Å². The van der Waals surface area contributed by atoms with Crippen LogP contribution in [0.1, 0.15) is 71.6 Å².